The van der Waals surface area contributed by atoms with E-state index < -0.39 is 88.4 Å². The van der Waals surface area contributed by atoms with Gasteiger partial charge in [0.25, 0.3) is 0 Å². The summed E-state index contributed by atoms with van der Waals surface area (Å²) in [7, 11) is 3.79. The van der Waals surface area contributed by atoms with Gasteiger partial charge >= 0.3 is 11.9 Å². The number of ketones is 2. The van der Waals surface area contributed by atoms with Gasteiger partial charge in [-0.05, 0) is 85.5 Å². The Bertz CT molecular complexity index is 3590. The second-order valence-electron chi connectivity index (χ2n) is 20.4. The number of fused-ring (bicyclic) bond motifs is 2. The van der Waals surface area contributed by atoms with Gasteiger partial charge in [-0.2, -0.15) is 0 Å². The minimum atomic E-state index is -1.27. The van der Waals surface area contributed by atoms with E-state index >= 15 is 0 Å². The first-order chi connectivity index (χ1) is 37.9. The molecule has 16 nitrogen and oxygen atoms in total. The molecule has 0 aliphatic carbocycles. The number of carbonyl (C=O) groups is 6. The van der Waals surface area contributed by atoms with Gasteiger partial charge in [0.2, 0.25) is 23.6 Å². The molecule has 0 aliphatic rings. The summed E-state index contributed by atoms with van der Waals surface area (Å²) < 4.78 is 70.8. The summed E-state index contributed by atoms with van der Waals surface area (Å²) >= 11 is 0. The van der Waals surface area contributed by atoms with E-state index in [2.05, 4.69) is 20.6 Å². The average molecular weight is 1100 g/mol. The lowest BCUT2D eigenvalue weighted by atomic mass is 9.87. The molecule has 0 radical (unpaired) electrons. The monoisotopic (exact) mass is 1100 g/mol. The van der Waals surface area contributed by atoms with Crippen LogP contribution >= 0.6 is 0 Å². The largest absolute Gasteiger partial charge is 0.476 e. The number of rotatable bonds is 22. The molecule has 0 spiro atoms. The summed E-state index contributed by atoms with van der Waals surface area (Å²) in [5, 5.41) is 26.6. The second-order valence-corrected chi connectivity index (χ2v) is 20.4. The van der Waals surface area contributed by atoms with Crippen molar-refractivity contribution in [2.24, 2.45) is 37.8 Å². The fourth-order valence-electron chi connectivity index (χ4n) is 10.0. The number of para-hydroxylation sites is 2. The molecule has 0 saturated heterocycles. The lowest BCUT2D eigenvalue weighted by molar-refractivity contribution is -0.138. The van der Waals surface area contributed by atoms with E-state index in [0.717, 1.165) is 57.2 Å². The fraction of sp³-hybridized carbons (Fsp3) is 0.333. The molecular weight excluding hydrogens is 1040 g/mol. The molecular formula is C60H62F4N6O10. The number of hydrogen-bond donors (Lipinski definition) is 4. The molecule has 0 aliphatic heterocycles. The van der Waals surface area contributed by atoms with E-state index in [4.69, 9.17) is 8.83 Å². The lowest BCUT2D eigenvalue weighted by Crippen LogP contribution is -2.41. The maximum atomic E-state index is 14.1. The molecule has 4 atom stereocenters. The maximum absolute atomic E-state index is 14.1. The Labute approximate surface area is 458 Å². The number of aromatic carboxylic acids is 2. The molecule has 420 valence electrons. The maximum Gasteiger partial charge on any atom is 0.358 e. The zero-order valence-corrected chi connectivity index (χ0v) is 45.4. The van der Waals surface area contributed by atoms with Crippen molar-refractivity contribution in [2.45, 2.75) is 92.2 Å². The van der Waals surface area contributed by atoms with Crippen LogP contribution in [-0.4, -0.2) is 64.6 Å². The Morgan fingerprint density at radius 2 is 0.988 bits per heavy atom. The number of benzene rings is 4. The van der Waals surface area contributed by atoms with Crippen molar-refractivity contribution in [1.82, 2.24) is 29.7 Å². The van der Waals surface area contributed by atoms with Crippen molar-refractivity contribution in [2.75, 3.05) is 0 Å². The van der Waals surface area contributed by atoms with Crippen LogP contribution in [0.25, 0.3) is 21.8 Å². The van der Waals surface area contributed by atoms with E-state index in [0.29, 0.717) is 0 Å². The highest BCUT2D eigenvalue weighted by Gasteiger charge is 2.36. The smallest absolute Gasteiger partial charge is 0.358 e. The molecule has 0 bridgehead atoms. The van der Waals surface area contributed by atoms with E-state index in [1.807, 2.05) is 84.2 Å². The van der Waals surface area contributed by atoms with Gasteiger partial charge < -0.3 is 38.8 Å². The minimum Gasteiger partial charge on any atom is -0.476 e. The molecule has 20 heteroatoms. The van der Waals surface area contributed by atoms with E-state index in [9.17, 15) is 56.5 Å². The van der Waals surface area contributed by atoms with Crippen LogP contribution in [0.1, 0.15) is 119 Å². The number of halogens is 4. The van der Waals surface area contributed by atoms with E-state index in [1.54, 1.807) is 27.7 Å². The molecule has 0 unspecified atom stereocenters. The average Bonchev–Trinajstić information content (AvgIpc) is 4.18. The topological polar surface area (TPSA) is 229 Å². The van der Waals surface area contributed by atoms with Crippen molar-refractivity contribution in [3.8, 4) is 0 Å². The van der Waals surface area contributed by atoms with Gasteiger partial charge in [-0.1, -0.05) is 76.2 Å². The fourth-order valence-corrected chi connectivity index (χ4v) is 10.0. The van der Waals surface area contributed by atoms with Crippen molar-refractivity contribution < 1.29 is 65.4 Å². The second kappa shape index (κ2) is 25.4. The number of carboxylic acid groups (broad SMARTS) is 2. The first-order valence-electron chi connectivity index (χ1n) is 25.9. The predicted molar refractivity (Wildman–Crippen MR) is 287 cm³/mol. The zero-order chi connectivity index (χ0) is 58.3. The number of aromatic nitrogens is 4. The lowest BCUT2D eigenvalue weighted by Gasteiger charge is -2.23. The van der Waals surface area contributed by atoms with E-state index in [1.165, 1.54) is 26.0 Å². The van der Waals surface area contributed by atoms with Crippen LogP contribution in [0.2, 0.25) is 0 Å². The van der Waals surface area contributed by atoms with Gasteiger partial charge in [0, 0.05) is 85.6 Å². The predicted octanol–water partition coefficient (Wildman–Crippen LogP) is 10.7. The summed E-state index contributed by atoms with van der Waals surface area (Å²) in [6.07, 6.45) is 3.75. The summed E-state index contributed by atoms with van der Waals surface area (Å²) in [4.78, 5) is 85.1. The molecule has 4 aromatic heterocycles. The number of nitrogens with zero attached hydrogens (tertiary/aromatic N) is 4. The number of carbonyl (C=O) groups excluding carboxylic acids is 4. The molecule has 2 amide bonds. The number of hydrogen-bond acceptors (Lipinski definition) is 10. The third-order valence-electron chi connectivity index (χ3n) is 14.0. The highest BCUT2D eigenvalue weighted by Crippen LogP contribution is 2.31. The van der Waals surface area contributed by atoms with Gasteiger partial charge in [-0.25, -0.2) is 37.1 Å². The van der Waals surface area contributed by atoms with Crippen LogP contribution in [0.15, 0.2) is 106 Å². The number of Topliss-reactive ketones (excluding diaryl/α,β-unsaturated/α-hetero) is 2. The first-order valence-corrected chi connectivity index (χ1v) is 25.9. The van der Waals surface area contributed by atoms with E-state index in [-0.39, 0.29) is 90.3 Å². The molecule has 4 N–H and O–H groups in total. The quantitative estimate of drug-likeness (QED) is 0.0367. The van der Waals surface area contributed by atoms with Crippen molar-refractivity contribution >= 4 is 57.1 Å². The summed E-state index contributed by atoms with van der Waals surface area (Å²) in [6, 6.07) is 20.3. The van der Waals surface area contributed by atoms with Crippen LogP contribution in [0.3, 0.4) is 0 Å². The molecule has 4 heterocycles. The zero-order valence-electron chi connectivity index (χ0n) is 45.4. The number of aryl methyl sites for hydroxylation is 5. The standard InChI is InChI=1S/2C30H31F2N3O5/c1-16(2)26(25(36)13-12-20-21(31)9-7-10-22(20)32)28(37)33-23(29-34-27(30(38)39)17(3)40-29)14-18-15-35(4)24-11-6-5-8-19(18)24;1-16(2)26(25(36)12-10-18-9-11-20(31)14-22(18)32)28(37)33-23(29-34-27(30(38)39)17(3)40-29)13-19-15-35(4)24-8-6-5-7-21(19)24/h5-11,15-16,23,26H,12-14H2,1-4H3,(H,33,37)(H,38,39);5-9,11,14-16,23,26H,10,12-13H2,1-4H3,(H,33,37)(H,38,39)/t2*23-,26+/m11/s1. The van der Waals surface area contributed by atoms with Gasteiger partial charge in [0.05, 0.1) is 11.8 Å². The van der Waals surface area contributed by atoms with Gasteiger partial charge in [0.15, 0.2) is 11.4 Å². The Morgan fingerprint density at radius 3 is 1.39 bits per heavy atom. The minimum absolute atomic E-state index is 0.000401. The van der Waals surface area contributed by atoms with Gasteiger partial charge in [0.1, 0.15) is 58.4 Å². The summed E-state index contributed by atoms with van der Waals surface area (Å²) in [5.74, 6) is -10.3. The van der Waals surface area contributed by atoms with Gasteiger partial charge in [-0.15, -0.1) is 0 Å². The summed E-state index contributed by atoms with van der Waals surface area (Å²) in [5.41, 5.74) is 3.12. The van der Waals surface area contributed by atoms with Crippen molar-refractivity contribution in [3.05, 3.63) is 178 Å². The Morgan fingerprint density at radius 1 is 0.562 bits per heavy atom. The highest BCUT2D eigenvalue weighted by molar-refractivity contribution is 6.02. The highest BCUT2D eigenvalue weighted by atomic mass is 19.1. The van der Waals surface area contributed by atoms with Crippen LogP contribution in [-0.2, 0) is 59.0 Å². The normalized spacial score (nSPS) is 13.0. The number of carboxylic acids is 2. The Balaban J connectivity index is 0.000000231. The molecule has 4 aromatic carbocycles. The third kappa shape index (κ3) is 13.6. The Hall–Kier alpha value is -8.68. The molecule has 0 fully saturated rings. The van der Waals surface area contributed by atoms with Crippen LogP contribution in [0, 0.1) is 60.8 Å². The summed E-state index contributed by atoms with van der Waals surface area (Å²) in [6.45, 7) is 9.84. The Kier molecular flexibility index (Phi) is 18.7. The molecule has 8 aromatic rings. The molecule has 8 rings (SSSR count). The van der Waals surface area contributed by atoms with Crippen LogP contribution < -0.4 is 10.6 Å². The van der Waals surface area contributed by atoms with Crippen LogP contribution in [0.5, 0.6) is 0 Å². The van der Waals surface area contributed by atoms with Crippen molar-refractivity contribution in [1.29, 1.82) is 0 Å². The van der Waals surface area contributed by atoms with Gasteiger partial charge in [-0.3, -0.25) is 19.2 Å². The SMILES string of the molecule is Cc1oc([C@@H](Cc2cn(C)c3ccccc23)NC(=O)[C@H](C(=O)CCc2c(F)cccc2F)C(C)C)nc1C(=O)O.Cc1oc([C@@H](Cc2cn(C)c3ccccc23)NC(=O)[C@H](C(=O)CCc2ccc(F)cc2F)C(C)C)nc1C(=O)O. The number of nitrogens with one attached hydrogen (secondary N) is 2. The first kappa shape index (κ1) is 59.0. The van der Waals surface area contributed by atoms with Crippen molar-refractivity contribution in [3.63, 3.8) is 0 Å². The molecule has 0 saturated carbocycles. The van der Waals surface area contributed by atoms with Crippen LogP contribution in [0.4, 0.5) is 17.6 Å². The third-order valence-corrected chi connectivity index (χ3v) is 14.0. The number of oxazole rings is 2. The molecule has 80 heavy (non-hydrogen) atoms. The number of amides is 2.